The van der Waals surface area contributed by atoms with E-state index in [1.807, 2.05) is 36.1 Å². The molecule has 2 amide bonds. The predicted molar refractivity (Wildman–Crippen MR) is 89.8 cm³/mol. The van der Waals surface area contributed by atoms with E-state index in [0.29, 0.717) is 24.7 Å². The number of hydrogen-bond acceptors (Lipinski definition) is 5. The fourth-order valence-electron chi connectivity index (χ4n) is 3.68. The molecule has 2 aromatic rings. The largest absolute Gasteiger partial charge is 0.339 e. The van der Waals surface area contributed by atoms with Crippen LogP contribution in [0, 0.1) is 0 Å². The summed E-state index contributed by atoms with van der Waals surface area (Å²) in [5, 5.41) is 6.89. The number of anilines is 1. The molecule has 2 aliphatic heterocycles. The number of aryl methyl sites for hydroxylation is 1. The van der Waals surface area contributed by atoms with Gasteiger partial charge in [0, 0.05) is 25.1 Å². The highest BCUT2D eigenvalue weighted by Gasteiger charge is 2.39. The molecule has 0 bridgehead atoms. The SMILES string of the molecule is CCc1nc([C@@H]2CCCN2C(=O)[C@@H]2CC(=O)Nc3ccccc32)no1. The van der Waals surface area contributed by atoms with E-state index in [-0.39, 0.29) is 24.3 Å². The molecule has 1 aromatic heterocycles. The summed E-state index contributed by atoms with van der Waals surface area (Å²) in [6.07, 6.45) is 2.55. The van der Waals surface area contributed by atoms with Gasteiger partial charge in [0.05, 0.1) is 12.0 Å². The number of benzene rings is 1. The zero-order valence-electron chi connectivity index (χ0n) is 14.1. The standard InChI is InChI=1S/C18H20N4O3/c1-2-16-20-17(21-25-16)14-8-5-9-22(14)18(24)12-10-15(23)19-13-7-4-3-6-11(12)13/h3-4,6-7,12,14H,2,5,8-10H2,1H3,(H,19,23)/t12-,14+/m1/s1. The fourth-order valence-corrected chi connectivity index (χ4v) is 3.68. The molecule has 2 atom stereocenters. The van der Waals surface area contributed by atoms with Crippen molar-refractivity contribution in [2.75, 3.05) is 11.9 Å². The number of nitrogens with zero attached hydrogens (tertiary/aromatic N) is 3. The van der Waals surface area contributed by atoms with Crippen molar-refractivity contribution in [3.05, 3.63) is 41.5 Å². The molecule has 0 saturated carbocycles. The van der Waals surface area contributed by atoms with Crippen LogP contribution in [0.25, 0.3) is 0 Å². The van der Waals surface area contributed by atoms with Crippen LogP contribution in [0.2, 0.25) is 0 Å². The van der Waals surface area contributed by atoms with Gasteiger partial charge >= 0.3 is 0 Å². The number of hydrogen-bond donors (Lipinski definition) is 1. The molecule has 0 radical (unpaired) electrons. The number of amides is 2. The second-order valence-corrected chi connectivity index (χ2v) is 6.48. The van der Waals surface area contributed by atoms with Crippen LogP contribution >= 0.6 is 0 Å². The Morgan fingerprint density at radius 1 is 1.40 bits per heavy atom. The van der Waals surface area contributed by atoms with Crippen LogP contribution in [0.4, 0.5) is 5.69 Å². The number of aromatic nitrogens is 2. The Bertz CT molecular complexity index is 816. The van der Waals surface area contributed by atoms with Crippen LogP contribution in [0.1, 0.15) is 55.4 Å². The van der Waals surface area contributed by atoms with E-state index in [9.17, 15) is 9.59 Å². The molecular weight excluding hydrogens is 320 g/mol. The van der Waals surface area contributed by atoms with Crippen molar-refractivity contribution < 1.29 is 14.1 Å². The summed E-state index contributed by atoms with van der Waals surface area (Å²) in [5.41, 5.74) is 1.60. The molecule has 2 aliphatic rings. The van der Waals surface area contributed by atoms with E-state index in [2.05, 4.69) is 15.5 Å². The first-order valence-electron chi connectivity index (χ1n) is 8.69. The summed E-state index contributed by atoms with van der Waals surface area (Å²) < 4.78 is 5.21. The number of likely N-dealkylation sites (tertiary alicyclic amines) is 1. The molecule has 7 nitrogen and oxygen atoms in total. The van der Waals surface area contributed by atoms with E-state index >= 15 is 0 Å². The smallest absolute Gasteiger partial charge is 0.231 e. The first kappa shape index (κ1) is 15.8. The summed E-state index contributed by atoms with van der Waals surface area (Å²) in [7, 11) is 0. The Morgan fingerprint density at radius 3 is 3.04 bits per heavy atom. The van der Waals surface area contributed by atoms with Crippen LogP contribution in [-0.4, -0.2) is 33.4 Å². The van der Waals surface area contributed by atoms with Crippen molar-refractivity contribution in [1.82, 2.24) is 15.0 Å². The number of fused-ring (bicyclic) bond motifs is 1. The third kappa shape index (κ3) is 2.79. The van der Waals surface area contributed by atoms with Gasteiger partial charge in [0.2, 0.25) is 17.7 Å². The second-order valence-electron chi connectivity index (χ2n) is 6.48. The van der Waals surface area contributed by atoms with Crippen LogP contribution in [0.3, 0.4) is 0 Å². The third-order valence-corrected chi connectivity index (χ3v) is 4.92. The van der Waals surface area contributed by atoms with Crippen molar-refractivity contribution in [3.8, 4) is 0 Å². The molecule has 0 aliphatic carbocycles. The van der Waals surface area contributed by atoms with Crippen molar-refractivity contribution in [2.45, 2.75) is 44.6 Å². The van der Waals surface area contributed by atoms with E-state index in [1.165, 1.54) is 0 Å². The van der Waals surface area contributed by atoms with Gasteiger partial charge in [-0.05, 0) is 24.5 Å². The minimum atomic E-state index is -0.455. The van der Waals surface area contributed by atoms with Gasteiger partial charge in [-0.25, -0.2) is 0 Å². The highest BCUT2D eigenvalue weighted by Crippen LogP contribution is 2.38. The molecule has 25 heavy (non-hydrogen) atoms. The number of carbonyl (C=O) groups excluding carboxylic acids is 2. The normalized spacial score (nSPS) is 22.6. The van der Waals surface area contributed by atoms with Gasteiger partial charge in [0.25, 0.3) is 0 Å². The Balaban J connectivity index is 1.63. The van der Waals surface area contributed by atoms with Gasteiger partial charge in [-0.1, -0.05) is 30.3 Å². The highest BCUT2D eigenvalue weighted by atomic mass is 16.5. The number of para-hydroxylation sites is 1. The summed E-state index contributed by atoms with van der Waals surface area (Å²) in [4.78, 5) is 31.5. The van der Waals surface area contributed by atoms with Gasteiger partial charge < -0.3 is 14.7 Å². The Morgan fingerprint density at radius 2 is 2.24 bits per heavy atom. The average Bonchev–Trinajstić information content (AvgIpc) is 3.29. The van der Waals surface area contributed by atoms with E-state index in [0.717, 1.165) is 24.1 Å². The zero-order chi connectivity index (χ0) is 17.4. The van der Waals surface area contributed by atoms with Gasteiger partial charge in [-0.2, -0.15) is 4.98 Å². The minimum Gasteiger partial charge on any atom is -0.339 e. The molecule has 7 heteroatoms. The zero-order valence-corrected chi connectivity index (χ0v) is 14.1. The first-order valence-corrected chi connectivity index (χ1v) is 8.69. The average molecular weight is 340 g/mol. The predicted octanol–water partition coefficient (Wildman–Crippen LogP) is 2.42. The van der Waals surface area contributed by atoms with Crippen LogP contribution in [-0.2, 0) is 16.0 Å². The lowest BCUT2D eigenvalue weighted by atomic mass is 9.89. The Labute approximate surface area is 145 Å². The Kier molecular flexibility index (Phi) is 3.99. The first-order chi connectivity index (χ1) is 12.2. The van der Waals surface area contributed by atoms with Crippen LogP contribution in [0.5, 0.6) is 0 Å². The monoisotopic (exact) mass is 340 g/mol. The molecule has 0 unspecified atom stereocenters. The molecule has 1 fully saturated rings. The van der Waals surface area contributed by atoms with Gasteiger partial charge in [0.1, 0.15) is 0 Å². The maximum absolute atomic E-state index is 13.2. The maximum Gasteiger partial charge on any atom is 0.231 e. The van der Waals surface area contributed by atoms with Gasteiger partial charge in [-0.3, -0.25) is 9.59 Å². The fraction of sp³-hybridized carbons (Fsp3) is 0.444. The summed E-state index contributed by atoms with van der Waals surface area (Å²) in [6, 6.07) is 7.32. The lowest BCUT2D eigenvalue weighted by molar-refractivity contribution is -0.136. The molecule has 1 saturated heterocycles. The molecular formula is C18H20N4O3. The van der Waals surface area contributed by atoms with Crippen molar-refractivity contribution in [1.29, 1.82) is 0 Å². The Hall–Kier alpha value is -2.70. The number of carbonyl (C=O) groups is 2. The maximum atomic E-state index is 13.2. The number of nitrogens with one attached hydrogen (secondary N) is 1. The van der Waals surface area contributed by atoms with E-state index in [1.54, 1.807) is 0 Å². The van der Waals surface area contributed by atoms with Gasteiger partial charge in [-0.15, -0.1) is 0 Å². The number of rotatable bonds is 3. The molecule has 0 spiro atoms. The molecule has 1 N–H and O–H groups in total. The molecule has 3 heterocycles. The van der Waals surface area contributed by atoms with Crippen molar-refractivity contribution in [2.24, 2.45) is 0 Å². The lowest BCUT2D eigenvalue weighted by Crippen LogP contribution is -2.38. The van der Waals surface area contributed by atoms with Crippen molar-refractivity contribution >= 4 is 17.5 Å². The van der Waals surface area contributed by atoms with E-state index in [4.69, 9.17) is 4.52 Å². The molecule has 130 valence electrons. The molecule has 1 aromatic carbocycles. The van der Waals surface area contributed by atoms with Crippen LogP contribution < -0.4 is 5.32 Å². The second kappa shape index (κ2) is 6.31. The van der Waals surface area contributed by atoms with Crippen LogP contribution in [0.15, 0.2) is 28.8 Å². The third-order valence-electron chi connectivity index (χ3n) is 4.92. The quantitative estimate of drug-likeness (QED) is 0.927. The minimum absolute atomic E-state index is 0.0346. The summed E-state index contributed by atoms with van der Waals surface area (Å²) in [6.45, 7) is 2.60. The van der Waals surface area contributed by atoms with Crippen molar-refractivity contribution in [3.63, 3.8) is 0 Å². The molecule has 4 rings (SSSR count). The summed E-state index contributed by atoms with van der Waals surface area (Å²) in [5.74, 6) is 0.532. The van der Waals surface area contributed by atoms with Gasteiger partial charge in [0.15, 0.2) is 5.82 Å². The highest BCUT2D eigenvalue weighted by molar-refractivity contribution is 6.01. The lowest BCUT2D eigenvalue weighted by Gasteiger charge is -2.30. The van der Waals surface area contributed by atoms with E-state index < -0.39 is 5.92 Å². The topological polar surface area (TPSA) is 88.3 Å². The summed E-state index contributed by atoms with van der Waals surface area (Å²) >= 11 is 0.